The van der Waals surface area contributed by atoms with Gasteiger partial charge in [0.2, 0.25) is 0 Å². The molecule has 0 radical (unpaired) electrons. The normalized spacial score (nSPS) is 37.2. The number of hydrogen-bond donors (Lipinski definition) is 0. The van der Waals surface area contributed by atoms with Crippen molar-refractivity contribution in [3.05, 3.63) is 35.6 Å². The van der Waals surface area contributed by atoms with E-state index in [9.17, 15) is 4.39 Å². The van der Waals surface area contributed by atoms with Crippen LogP contribution in [0.15, 0.2) is 24.3 Å². The van der Waals surface area contributed by atoms with Crippen molar-refractivity contribution >= 4 is 0 Å². The smallest absolute Gasteiger partial charge is 0.128 e. The second kappa shape index (κ2) is 5.59. The molecular formula is C18H25FO3. The van der Waals surface area contributed by atoms with Crippen molar-refractivity contribution in [2.45, 2.75) is 63.6 Å². The first-order valence-corrected chi connectivity index (χ1v) is 7.99. The minimum Gasteiger partial charge on any atom is -0.378 e. The van der Waals surface area contributed by atoms with Crippen LogP contribution in [0, 0.1) is 11.7 Å². The van der Waals surface area contributed by atoms with E-state index in [1.54, 1.807) is 19.2 Å². The second-order valence-electron chi connectivity index (χ2n) is 7.05. The number of halogens is 1. The lowest BCUT2D eigenvalue weighted by molar-refractivity contribution is -0.112. The van der Waals surface area contributed by atoms with Crippen molar-refractivity contribution in [3.63, 3.8) is 0 Å². The Bertz CT molecular complexity index is 547. The van der Waals surface area contributed by atoms with Gasteiger partial charge in [-0.3, -0.25) is 0 Å². The molecule has 3 nitrogen and oxygen atoms in total. The number of ether oxygens (including phenoxy) is 3. The SMILES string of the molecule is CO[C@H]1C[C@]2(C)O[C@@]1(C(C)C)C[C@H]2OCc1ccccc1F. The molecule has 0 aromatic heterocycles. The first-order chi connectivity index (χ1) is 10.4. The summed E-state index contributed by atoms with van der Waals surface area (Å²) >= 11 is 0. The lowest BCUT2D eigenvalue weighted by atomic mass is 9.73. The molecule has 2 saturated heterocycles. The van der Waals surface area contributed by atoms with Gasteiger partial charge in [-0.15, -0.1) is 0 Å². The monoisotopic (exact) mass is 308 g/mol. The summed E-state index contributed by atoms with van der Waals surface area (Å²) in [5, 5.41) is 0. The molecule has 2 aliphatic heterocycles. The van der Waals surface area contributed by atoms with E-state index in [0.29, 0.717) is 11.5 Å². The Morgan fingerprint density at radius 1 is 1.27 bits per heavy atom. The zero-order valence-corrected chi connectivity index (χ0v) is 13.8. The number of methoxy groups -OCH3 is 1. The lowest BCUT2D eigenvalue weighted by Gasteiger charge is -2.37. The molecule has 1 aromatic rings. The largest absolute Gasteiger partial charge is 0.378 e. The molecule has 0 spiro atoms. The molecule has 0 unspecified atom stereocenters. The van der Waals surface area contributed by atoms with Crippen molar-refractivity contribution in [1.82, 2.24) is 0 Å². The molecule has 22 heavy (non-hydrogen) atoms. The Kier molecular flexibility index (Phi) is 4.04. The second-order valence-corrected chi connectivity index (χ2v) is 7.05. The van der Waals surface area contributed by atoms with Crippen LogP contribution in [0.3, 0.4) is 0 Å². The molecule has 0 saturated carbocycles. The van der Waals surface area contributed by atoms with E-state index < -0.39 is 0 Å². The van der Waals surface area contributed by atoms with Gasteiger partial charge in [0.05, 0.1) is 24.4 Å². The van der Waals surface area contributed by atoms with Gasteiger partial charge in [-0.25, -0.2) is 4.39 Å². The maximum atomic E-state index is 13.7. The number of benzene rings is 1. The molecule has 0 aliphatic carbocycles. The summed E-state index contributed by atoms with van der Waals surface area (Å²) in [6, 6.07) is 6.76. The number of fused-ring (bicyclic) bond motifs is 2. The summed E-state index contributed by atoms with van der Waals surface area (Å²) in [4.78, 5) is 0. The highest BCUT2D eigenvalue weighted by atomic mass is 19.1. The van der Waals surface area contributed by atoms with Crippen LogP contribution in [0.2, 0.25) is 0 Å². The van der Waals surface area contributed by atoms with Crippen molar-refractivity contribution in [3.8, 4) is 0 Å². The molecule has 0 N–H and O–H groups in total. The van der Waals surface area contributed by atoms with E-state index in [0.717, 1.165) is 12.8 Å². The van der Waals surface area contributed by atoms with Crippen LogP contribution in [-0.2, 0) is 20.8 Å². The van der Waals surface area contributed by atoms with Gasteiger partial charge in [0.1, 0.15) is 11.4 Å². The van der Waals surface area contributed by atoms with Gasteiger partial charge in [0, 0.05) is 25.5 Å². The summed E-state index contributed by atoms with van der Waals surface area (Å²) < 4.78 is 31.9. The Hall–Kier alpha value is -0.970. The van der Waals surface area contributed by atoms with E-state index in [1.165, 1.54) is 6.07 Å². The minimum absolute atomic E-state index is 0.0269. The lowest BCUT2D eigenvalue weighted by Crippen LogP contribution is -2.48. The molecule has 0 amide bonds. The standard InChI is InChI=1S/C18H25FO3/c1-12(2)18-10-15(17(3,22-18)9-16(18)20-4)21-11-13-7-5-6-8-14(13)19/h5-8,12,15-16H,9-11H2,1-4H3/t15-,16+,17+,18-/m1/s1. The van der Waals surface area contributed by atoms with E-state index in [2.05, 4.69) is 20.8 Å². The molecule has 3 rings (SSSR count). The van der Waals surface area contributed by atoms with Crippen molar-refractivity contribution in [2.75, 3.05) is 7.11 Å². The van der Waals surface area contributed by atoms with E-state index in [4.69, 9.17) is 14.2 Å². The van der Waals surface area contributed by atoms with Crippen molar-refractivity contribution < 1.29 is 18.6 Å². The average Bonchev–Trinajstić information content (AvgIpc) is 2.95. The maximum Gasteiger partial charge on any atom is 0.128 e. The van der Waals surface area contributed by atoms with Gasteiger partial charge in [-0.05, 0) is 18.9 Å². The van der Waals surface area contributed by atoms with Gasteiger partial charge in [-0.2, -0.15) is 0 Å². The predicted octanol–water partition coefficient (Wildman–Crippen LogP) is 3.70. The van der Waals surface area contributed by atoms with E-state index in [-0.39, 0.29) is 35.8 Å². The molecule has 122 valence electrons. The topological polar surface area (TPSA) is 27.7 Å². The summed E-state index contributed by atoms with van der Waals surface area (Å²) in [5.41, 5.74) is -0.0460. The van der Waals surface area contributed by atoms with Crippen LogP contribution >= 0.6 is 0 Å². The first kappa shape index (κ1) is 15.9. The fourth-order valence-electron chi connectivity index (χ4n) is 4.01. The van der Waals surface area contributed by atoms with E-state index >= 15 is 0 Å². The Labute approximate surface area is 131 Å². The quantitative estimate of drug-likeness (QED) is 0.830. The van der Waals surface area contributed by atoms with Gasteiger partial charge in [-0.1, -0.05) is 32.0 Å². The van der Waals surface area contributed by atoms with Crippen LogP contribution < -0.4 is 0 Å². The van der Waals surface area contributed by atoms with Gasteiger partial charge in [0.25, 0.3) is 0 Å². The average molecular weight is 308 g/mol. The third-order valence-electron chi connectivity index (χ3n) is 5.40. The van der Waals surface area contributed by atoms with Crippen LogP contribution in [-0.4, -0.2) is 30.5 Å². The first-order valence-electron chi connectivity index (χ1n) is 7.99. The minimum atomic E-state index is -0.351. The number of hydrogen-bond acceptors (Lipinski definition) is 3. The van der Waals surface area contributed by atoms with Crippen LogP contribution in [0.1, 0.15) is 39.2 Å². The molecule has 2 aliphatic rings. The Balaban J connectivity index is 1.74. The van der Waals surface area contributed by atoms with Gasteiger partial charge >= 0.3 is 0 Å². The van der Waals surface area contributed by atoms with Crippen LogP contribution in [0.4, 0.5) is 4.39 Å². The third kappa shape index (κ3) is 2.38. The summed E-state index contributed by atoms with van der Waals surface area (Å²) in [6.07, 6.45) is 1.70. The fraction of sp³-hybridized carbons (Fsp3) is 0.667. The zero-order valence-electron chi connectivity index (χ0n) is 13.8. The highest BCUT2D eigenvalue weighted by Gasteiger charge is 2.66. The highest BCUT2D eigenvalue weighted by molar-refractivity contribution is 5.18. The molecule has 2 fully saturated rings. The third-order valence-corrected chi connectivity index (χ3v) is 5.40. The summed E-state index contributed by atoms with van der Waals surface area (Å²) in [5.74, 6) is 0.131. The van der Waals surface area contributed by atoms with Gasteiger partial charge in [0.15, 0.2) is 0 Å². The Morgan fingerprint density at radius 2 is 2.00 bits per heavy atom. The van der Waals surface area contributed by atoms with E-state index in [1.807, 2.05) is 6.07 Å². The van der Waals surface area contributed by atoms with Gasteiger partial charge < -0.3 is 14.2 Å². The fourth-order valence-corrected chi connectivity index (χ4v) is 4.01. The van der Waals surface area contributed by atoms with Crippen LogP contribution in [0.5, 0.6) is 0 Å². The predicted molar refractivity (Wildman–Crippen MR) is 82.1 cm³/mol. The molecule has 2 heterocycles. The zero-order chi connectivity index (χ0) is 16.0. The molecule has 1 aromatic carbocycles. The highest BCUT2D eigenvalue weighted by Crippen LogP contribution is 2.56. The van der Waals surface area contributed by atoms with Crippen molar-refractivity contribution in [1.29, 1.82) is 0 Å². The molecule has 4 heteroatoms. The molecule has 2 bridgehead atoms. The summed E-state index contributed by atoms with van der Waals surface area (Å²) in [6.45, 7) is 6.69. The van der Waals surface area contributed by atoms with Crippen LogP contribution in [0.25, 0.3) is 0 Å². The molecular weight excluding hydrogens is 283 g/mol. The molecule has 4 atom stereocenters. The summed E-state index contributed by atoms with van der Waals surface area (Å²) in [7, 11) is 1.75. The number of rotatable bonds is 5. The maximum absolute atomic E-state index is 13.7. The van der Waals surface area contributed by atoms with Crippen molar-refractivity contribution in [2.24, 2.45) is 5.92 Å². The Morgan fingerprint density at radius 3 is 2.64 bits per heavy atom.